The quantitative estimate of drug-likeness (QED) is 0.602. The summed E-state index contributed by atoms with van der Waals surface area (Å²) in [6, 6.07) is 5.18. The van der Waals surface area contributed by atoms with Gasteiger partial charge in [0.2, 0.25) is 0 Å². The lowest BCUT2D eigenvalue weighted by molar-refractivity contribution is 0.112. The fraction of sp³-hybridized carbons (Fsp3) is 0.0833. The van der Waals surface area contributed by atoms with Crippen molar-refractivity contribution in [2.24, 2.45) is 0 Å². The van der Waals surface area contributed by atoms with Crippen molar-refractivity contribution in [3.05, 3.63) is 44.8 Å². The highest BCUT2D eigenvalue weighted by atomic mass is 35.5. The molecular formula is C12H7Cl3N2OS. The summed E-state index contributed by atoms with van der Waals surface area (Å²) in [5, 5.41) is 1.55. The normalized spacial score (nSPS) is 10.5. The molecule has 0 saturated carbocycles. The van der Waals surface area contributed by atoms with Crippen molar-refractivity contribution in [3.63, 3.8) is 0 Å². The number of aromatic nitrogens is 2. The molecule has 0 bridgehead atoms. The summed E-state index contributed by atoms with van der Waals surface area (Å²) < 4.78 is 0. The number of aryl methyl sites for hydroxylation is 1. The Morgan fingerprint density at radius 1 is 1.16 bits per heavy atom. The van der Waals surface area contributed by atoms with Gasteiger partial charge in [0.15, 0.2) is 6.29 Å². The van der Waals surface area contributed by atoms with Crippen molar-refractivity contribution in [3.8, 4) is 0 Å². The molecule has 2 rings (SSSR count). The zero-order valence-electron chi connectivity index (χ0n) is 9.65. The topological polar surface area (TPSA) is 42.9 Å². The Bertz CT molecular complexity index is 649. The van der Waals surface area contributed by atoms with E-state index in [1.807, 2.05) is 0 Å². The van der Waals surface area contributed by atoms with Gasteiger partial charge in [0.25, 0.3) is 0 Å². The average molecular weight is 334 g/mol. The number of carbonyl (C=O) groups is 1. The van der Waals surface area contributed by atoms with Gasteiger partial charge in [0.05, 0.1) is 15.6 Å². The molecule has 98 valence electrons. The molecule has 0 radical (unpaired) electrons. The Kier molecular flexibility index (Phi) is 4.68. The first-order valence-corrected chi connectivity index (χ1v) is 7.08. The van der Waals surface area contributed by atoms with Crippen LogP contribution in [0.15, 0.2) is 28.1 Å². The summed E-state index contributed by atoms with van der Waals surface area (Å²) in [6.45, 7) is 1.71. The summed E-state index contributed by atoms with van der Waals surface area (Å²) in [5.41, 5.74) is 0.267. The van der Waals surface area contributed by atoms with Crippen LogP contribution >= 0.6 is 46.6 Å². The number of halogens is 3. The molecule has 0 unspecified atom stereocenters. The largest absolute Gasteiger partial charge is 0.298 e. The number of nitrogens with zero attached hydrogens (tertiary/aromatic N) is 2. The zero-order valence-corrected chi connectivity index (χ0v) is 12.7. The van der Waals surface area contributed by atoms with Crippen molar-refractivity contribution in [1.29, 1.82) is 0 Å². The first-order chi connectivity index (χ1) is 9.01. The van der Waals surface area contributed by atoms with Crippen LogP contribution in [0.5, 0.6) is 0 Å². The molecule has 0 N–H and O–H groups in total. The van der Waals surface area contributed by atoms with Gasteiger partial charge in [0, 0.05) is 4.90 Å². The lowest BCUT2D eigenvalue weighted by atomic mass is 10.4. The first-order valence-electron chi connectivity index (χ1n) is 5.13. The molecule has 0 saturated heterocycles. The Morgan fingerprint density at radius 2 is 1.89 bits per heavy atom. The molecule has 2 aromatic rings. The highest BCUT2D eigenvalue weighted by Gasteiger charge is 2.13. The van der Waals surface area contributed by atoms with Crippen molar-refractivity contribution < 1.29 is 4.79 Å². The van der Waals surface area contributed by atoms with Gasteiger partial charge < -0.3 is 0 Å². The van der Waals surface area contributed by atoms with E-state index in [-0.39, 0.29) is 10.7 Å². The lowest BCUT2D eigenvalue weighted by Crippen LogP contribution is -1.98. The standard InChI is InChI=1S/C12H7Cl3N2OS/c1-6-16-11(15)8(5-18)12(17-6)19-7-2-3-9(13)10(14)4-7/h2-5H,1H3. The number of rotatable bonds is 3. The molecule has 0 atom stereocenters. The van der Waals surface area contributed by atoms with E-state index in [9.17, 15) is 4.79 Å². The number of hydrogen-bond donors (Lipinski definition) is 0. The maximum absolute atomic E-state index is 11.0. The molecule has 19 heavy (non-hydrogen) atoms. The van der Waals surface area contributed by atoms with E-state index in [4.69, 9.17) is 34.8 Å². The van der Waals surface area contributed by atoms with Crippen molar-refractivity contribution in [1.82, 2.24) is 9.97 Å². The van der Waals surface area contributed by atoms with Crippen LogP contribution in [0.4, 0.5) is 0 Å². The molecule has 0 aliphatic heterocycles. The summed E-state index contributed by atoms with van der Waals surface area (Å²) in [7, 11) is 0. The third kappa shape index (κ3) is 3.39. The fourth-order valence-corrected chi connectivity index (χ4v) is 3.00. The molecule has 7 heteroatoms. The van der Waals surface area contributed by atoms with E-state index in [0.29, 0.717) is 27.2 Å². The maximum atomic E-state index is 11.0. The molecule has 0 aliphatic carbocycles. The molecule has 3 nitrogen and oxygen atoms in total. The molecule has 1 aromatic carbocycles. The van der Waals surface area contributed by atoms with E-state index < -0.39 is 0 Å². The van der Waals surface area contributed by atoms with Gasteiger partial charge in [-0.2, -0.15) is 0 Å². The number of benzene rings is 1. The van der Waals surface area contributed by atoms with Gasteiger partial charge in [0.1, 0.15) is 16.0 Å². The summed E-state index contributed by atoms with van der Waals surface area (Å²) >= 11 is 19.0. The van der Waals surface area contributed by atoms with Crippen LogP contribution in [0.1, 0.15) is 16.2 Å². The number of carbonyl (C=O) groups excluding carboxylic acids is 1. The minimum absolute atomic E-state index is 0.144. The molecule has 1 aromatic heterocycles. The summed E-state index contributed by atoms with van der Waals surface area (Å²) in [5.74, 6) is 0.498. The van der Waals surface area contributed by atoms with Gasteiger partial charge in [-0.3, -0.25) is 4.79 Å². The van der Waals surface area contributed by atoms with E-state index in [1.54, 1.807) is 25.1 Å². The van der Waals surface area contributed by atoms with Crippen LogP contribution in [0, 0.1) is 6.92 Å². The van der Waals surface area contributed by atoms with Gasteiger partial charge >= 0.3 is 0 Å². The second kappa shape index (κ2) is 6.09. The summed E-state index contributed by atoms with van der Waals surface area (Å²) in [4.78, 5) is 20.0. The van der Waals surface area contributed by atoms with E-state index in [2.05, 4.69) is 9.97 Å². The molecule has 1 heterocycles. The second-order valence-electron chi connectivity index (χ2n) is 3.58. The van der Waals surface area contributed by atoms with E-state index in [0.717, 1.165) is 4.90 Å². The fourth-order valence-electron chi connectivity index (χ4n) is 1.35. The van der Waals surface area contributed by atoms with Crippen LogP contribution in [0.3, 0.4) is 0 Å². The Morgan fingerprint density at radius 3 is 2.53 bits per heavy atom. The van der Waals surface area contributed by atoms with Crippen LogP contribution in [-0.2, 0) is 0 Å². The Balaban J connectivity index is 2.42. The molecule has 0 spiro atoms. The van der Waals surface area contributed by atoms with Crippen LogP contribution in [0.2, 0.25) is 15.2 Å². The second-order valence-corrected chi connectivity index (χ2v) is 5.81. The van der Waals surface area contributed by atoms with Crippen molar-refractivity contribution in [2.45, 2.75) is 16.8 Å². The van der Waals surface area contributed by atoms with Crippen LogP contribution < -0.4 is 0 Å². The van der Waals surface area contributed by atoms with Crippen molar-refractivity contribution in [2.75, 3.05) is 0 Å². The predicted octanol–water partition coefficient (Wildman–Crippen LogP) is 4.71. The molecule has 0 amide bonds. The third-order valence-corrected chi connectivity index (χ3v) is 4.22. The maximum Gasteiger partial charge on any atom is 0.155 e. The van der Waals surface area contributed by atoms with Gasteiger partial charge in [-0.1, -0.05) is 46.6 Å². The zero-order chi connectivity index (χ0) is 14.0. The third-order valence-electron chi connectivity index (χ3n) is 2.20. The monoisotopic (exact) mass is 332 g/mol. The molecule has 0 fully saturated rings. The van der Waals surface area contributed by atoms with Gasteiger partial charge in [-0.25, -0.2) is 9.97 Å². The van der Waals surface area contributed by atoms with E-state index in [1.165, 1.54) is 11.8 Å². The van der Waals surface area contributed by atoms with Gasteiger partial charge in [-0.15, -0.1) is 0 Å². The van der Waals surface area contributed by atoms with Crippen molar-refractivity contribution >= 4 is 52.9 Å². The number of aldehydes is 1. The Labute approximate surface area is 129 Å². The van der Waals surface area contributed by atoms with Gasteiger partial charge in [-0.05, 0) is 25.1 Å². The average Bonchev–Trinajstić information content (AvgIpc) is 2.33. The first kappa shape index (κ1) is 14.6. The summed E-state index contributed by atoms with van der Waals surface area (Å²) in [6.07, 6.45) is 0.641. The SMILES string of the molecule is Cc1nc(Cl)c(C=O)c(Sc2ccc(Cl)c(Cl)c2)n1. The predicted molar refractivity (Wildman–Crippen MR) is 77.8 cm³/mol. The highest BCUT2D eigenvalue weighted by Crippen LogP contribution is 2.34. The molecular weight excluding hydrogens is 327 g/mol. The number of hydrogen-bond acceptors (Lipinski definition) is 4. The smallest absolute Gasteiger partial charge is 0.155 e. The van der Waals surface area contributed by atoms with Crippen LogP contribution in [-0.4, -0.2) is 16.3 Å². The molecule has 0 aliphatic rings. The lowest BCUT2D eigenvalue weighted by Gasteiger charge is -2.07. The minimum Gasteiger partial charge on any atom is -0.298 e. The minimum atomic E-state index is 0.144. The van der Waals surface area contributed by atoms with E-state index >= 15 is 0 Å². The van der Waals surface area contributed by atoms with Crippen LogP contribution in [0.25, 0.3) is 0 Å². The highest BCUT2D eigenvalue weighted by molar-refractivity contribution is 7.99. The Hall–Kier alpha value is -0.810.